The van der Waals surface area contributed by atoms with Gasteiger partial charge < -0.3 is 14.7 Å². The molecule has 3 rings (SSSR count). The molecule has 25 heavy (non-hydrogen) atoms. The largest absolute Gasteiger partial charge is 0.340 e. The van der Waals surface area contributed by atoms with E-state index in [1.54, 1.807) is 6.92 Å². The molecule has 1 aliphatic rings. The number of amides is 2. The Morgan fingerprint density at radius 1 is 1.48 bits per heavy atom. The number of piperidine rings is 1. The summed E-state index contributed by atoms with van der Waals surface area (Å²) in [6.45, 7) is 7.30. The number of hydrogen-bond donors (Lipinski definition) is 1. The van der Waals surface area contributed by atoms with Gasteiger partial charge in [-0.1, -0.05) is 5.16 Å². The zero-order chi connectivity index (χ0) is 18.0. The van der Waals surface area contributed by atoms with Crippen LogP contribution >= 0.6 is 0 Å². The van der Waals surface area contributed by atoms with E-state index < -0.39 is 0 Å². The molecule has 2 aromatic heterocycles. The molecule has 136 valence electrons. The standard InChI is InChI=1S/C17H26N6O2/c1-11(15-9-18-22(4)12(15)2)19-17(24)23-7-5-6-14(10-23)8-16-20-13(3)25-21-16/h9,11,14H,5-8,10H2,1-4H3,(H,19,24)/t11-,14-/m1/s1. The van der Waals surface area contributed by atoms with Crippen molar-refractivity contribution in [3.05, 3.63) is 29.2 Å². The highest BCUT2D eigenvalue weighted by Gasteiger charge is 2.26. The lowest BCUT2D eigenvalue weighted by Crippen LogP contribution is -2.46. The van der Waals surface area contributed by atoms with Gasteiger partial charge in [0.15, 0.2) is 5.82 Å². The summed E-state index contributed by atoms with van der Waals surface area (Å²) in [4.78, 5) is 18.8. The van der Waals surface area contributed by atoms with E-state index >= 15 is 0 Å². The number of likely N-dealkylation sites (tertiary alicyclic amines) is 1. The van der Waals surface area contributed by atoms with Crippen molar-refractivity contribution in [1.82, 2.24) is 30.1 Å². The van der Waals surface area contributed by atoms with Gasteiger partial charge in [-0.3, -0.25) is 4.68 Å². The van der Waals surface area contributed by atoms with E-state index in [1.807, 2.05) is 36.7 Å². The highest BCUT2D eigenvalue weighted by atomic mass is 16.5. The molecule has 3 heterocycles. The fraction of sp³-hybridized carbons (Fsp3) is 0.647. The maximum absolute atomic E-state index is 12.6. The lowest BCUT2D eigenvalue weighted by molar-refractivity contribution is 0.161. The third-order valence-electron chi connectivity index (χ3n) is 4.93. The maximum atomic E-state index is 12.6. The smallest absolute Gasteiger partial charge is 0.317 e. The fourth-order valence-electron chi connectivity index (χ4n) is 3.39. The van der Waals surface area contributed by atoms with Crippen molar-refractivity contribution >= 4 is 6.03 Å². The molecule has 0 aliphatic carbocycles. The molecule has 2 atom stereocenters. The summed E-state index contributed by atoms with van der Waals surface area (Å²) < 4.78 is 6.85. The number of urea groups is 1. The minimum atomic E-state index is -0.0681. The Morgan fingerprint density at radius 2 is 2.28 bits per heavy atom. The third-order valence-corrected chi connectivity index (χ3v) is 4.93. The first-order valence-electron chi connectivity index (χ1n) is 8.77. The number of aromatic nitrogens is 4. The molecule has 2 amide bonds. The van der Waals surface area contributed by atoms with Gasteiger partial charge in [0.2, 0.25) is 5.89 Å². The minimum Gasteiger partial charge on any atom is -0.340 e. The summed E-state index contributed by atoms with van der Waals surface area (Å²) in [7, 11) is 1.91. The quantitative estimate of drug-likeness (QED) is 0.916. The van der Waals surface area contributed by atoms with E-state index in [4.69, 9.17) is 4.52 Å². The zero-order valence-corrected chi connectivity index (χ0v) is 15.3. The van der Waals surface area contributed by atoms with Crippen molar-refractivity contribution in [3.63, 3.8) is 0 Å². The van der Waals surface area contributed by atoms with Crippen molar-refractivity contribution in [1.29, 1.82) is 0 Å². The number of aryl methyl sites for hydroxylation is 2. The van der Waals surface area contributed by atoms with E-state index in [9.17, 15) is 4.79 Å². The van der Waals surface area contributed by atoms with Gasteiger partial charge in [-0.2, -0.15) is 10.1 Å². The summed E-state index contributed by atoms with van der Waals surface area (Å²) >= 11 is 0. The van der Waals surface area contributed by atoms with Gasteiger partial charge in [0.25, 0.3) is 0 Å². The van der Waals surface area contributed by atoms with Crippen LogP contribution in [-0.2, 0) is 13.5 Å². The summed E-state index contributed by atoms with van der Waals surface area (Å²) in [5.41, 5.74) is 2.11. The van der Waals surface area contributed by atoms with Crippen molar-refractivity contribution in [2.75, 3.05) is 13.1 Å². The van der Waals surface area contributed by atoms with E-state index in [-0.39, 0.29) is 12.1 Å². The van der Waals surface area contributed by atoms with E-state index in [0.29, 0.717) is 11.8 Å². The first kappa shape index (κ1) is 17.4. The Hall–Kier alpha value is -2.38. The molecule has 0 spiro atoms. The van der Waals surface area contributed by atoms with Gasteiger partial charge >= 0.3 is 6.03 Å². The number of rotatable bonds is 4. The molecule has 0 saturated carbocycles. The topological polar surface area (TPSA) is 89.1 Å². The molecule has 2 aromatic rings. The van der Waals surface area contributed by atoms with Crippen LogP contribution in [0.4, 0.5) is 4.79 Å². The maximum Gasteiger partial charge on any atom is 0.317 e. The minimum absolute atomic E-state index is 0.0234. The first-order valence-corrected chi connectivity index (χ1v) is 8.77. The van der Waals surface area contributed by atoms with Crippen LogP contribution in [-0.4, -0.2) is 43.9 Å². The average Bonchev–Trinajstić information content (AvgIpc) is 3.14. The number of carbonyl (C=O) groups excluding carboxylic acids is 1. The molecule has 0 aromatic carbocycles. The molecule has 8 nitrogen and oxygen atoms in total. The number of carbonyl (C=O) groups is 1. The Bertz CT molecular complexity index is 737. The Kier molecular flexibility index (Phi) is 5.06. The third kappa shape index (κ3) is 4.00. The fourth-order valence-corrected chi connectivity index (χ4v) is 3.39. The number of nitrogens with zero attached hydrogens (tertiary/aromatic N) is 5. The average molecular weight is 346 g/mol. The SMILES string of the molecule is Cc1nc(C[C@H]2CCCN(C(=O)N[C@H](C)c3cnn(C)c3C)C2)no1. The normalized spacial score (nSPS) is 19.0. The van der Waals surface area contributed by atoms with Gasteiger partial charge in [0, 0.05) is 44.7 Å². The van der Waals surface area contributed by atoms with Crippen molar-refractivity contribution in [2.45, 2.75) is 46.1 Å². The van der Waals surface area contributed by atoms with Crippen molar-refractivity contribution in [2.24, 2.45) is 13.0 Å². The van der Waals surface area contributed by atoms with E-state index in [1.165, 1.54) is 0 Å². The molecular formula is C17H26N6O2. The molecule has 1 aliphatic heterocycles. The second-order valence-electron chi connectivity index (χ2n) is 6.87. The van der Waals surface area contributed by atoms with Crippen molar-refractivity contribution < 1.29 is 9.32 Å². The Morgan fingerprint density at radius 3 is 2.92 bits per heavy atom. The first-order chi connectivity index (χ1) is 11.9. The highest BCUT2D eigenvalue weighted by molar-refractivity contribution is 5.74. The lowest BCUT2D eigenvalue weighted by atomic mass is 9.94. The van der Waals surface area contributed by atoms with Gasteiger partial charge in [-0.15, -0.1) is 0 Å². The second kappa shape index (κ2) is 7.25. The number of hydrogen-bond acceptors (Lipinski definition) is 5. The molecule has 1 N–H and O–H groups in total. The second-order valence-corrected chi connectivity index (χ2v) is 6.87. The molecule has 1 fully saturated rings. The monoisotopic (exact) mass is 346 g/mol. The van der Waals surface area contributed by atoms with Gasteiger partial charge in [0.05, 0.1) is 12.2 Å². The molecule has 1 saturated heterocycles. The summed E-state index contributed by atoms with van der Waals surface area (Å²) in [5.74, 6) is 1.68. The van der Waals surface area contributed by atoms with Gasteiger partial charge in [-0.05, 0) is 32.6 Å². The van der Waals surface area contributed by atoms with Gasteiger partial charge in [-0.25, -0.2) is 4.79 Å². The van der Waals surface area contributed by atoms with Crippen LogP contribution in [0.25, 0.3) is 0 Å². The molecule has 8 heteroatoms. The van der Waals surface area contributed by atoms with E-state index in [0.717, 1.165) is 49.4 Å². The van der Waals surface area contributed by atoms with Crippen LogP contribution in [0.3, 0.4) is 0 Å². The number of nitrogens with one attached hydrogen (secondary N) is 1. The predicted octanol–water partition coefficient (Wildman–Crippen LogP) is 2.15. The lowest BCUT2D eigenvalue weighted by Gasteiger charge is -2.33. The summed E-state index contributed by atoms with van der Waals surface area (Å²) in [6, 6.07) is -0.0915. The van der Waals surface area contributed by atoms with Crippen LogP contribution in [0.2, 0.25) is 0 Å². The molecule has 0 radical (unpaired) electrons. The molecular weight excluding hydrogens is 320 g/mol. The molecule has 0 unspecified atom stereocenters. The van der Waals surface area contributed by atoms with Crippen LogP contribution in [0.15, 0.2) is 10.7 Å². The zero-order valence-electron chi connectivity index (χ0n) is 15.3. The van der Waals surface area contributed by atoms with Crippen molar-refractivity contribution in [3.8, 4) is 0 Å². The van der Waals surface area contributed by atoms with Crippen LogP contribution in [0.5, 0.6) is 0 Å². The van der Waals surface area contributed by atoms with Crippen LogP contribution < -0.4 is 5.32 Å². The Labute approximate surface area is 147 Å². The Balaban J connectivity index is 1.57. The summed E-state index contributed by atoms with van der Waals surface area (Å²) in [5, 5.41) is 11.3. The van der Waals surface area contributed by atoms with E-state index in [2.05, 4.69) is 20.6 Å². The highest BCUT2D eigenvalue weighted by Crippen LogP contribution is 2.21. The van der Waals surface area contributed by atoms with Gasteiger partial charge in [0.1, 0.15) is 0 Å². The summed E-state index contributed by atoms with van der Waals surface area (Å²) in [6.07, 6.45) is 4.64. The predicted molar refractivity (Wildman–Crippen MR) is 91.9 cm³/mol. The molecule has 0 bridgehead atoms. The van der Waals surface area contributed by atoms with Crippen LogP contribution in [0.1, 0.15) is 48.8 Å². The van der Waals surface area contributed by atoms with Crippen LogP contribution in [0, 0.1) is 19.8 Å².